The predicted octanol–water partition coefficient (Wildman–Crippen LogP) is 1.17. The first-order valence-electron chi connectivity index (χ1n) is 7.07. The molecule has 1 aromatic rings. The number of amides is 1. The number of carbonyl (C=O) groups excluding carboxylic acids is 1. The molecule has 2 aliphatic rings. The Hall–Kier alpha value is -1.75. The van der Waals surface area contributed by atoms with Crippen LogP contribution >= 0.6 is 0 Å². The number of hydrogen-bond acceptors (Lipinski definition) is 4. The minimum atomic E-state index is 0.104. The fraction of sp³-hybridized carbons (Fsp3) is 0.533. The molecule has 1 N–H and O–H groups in total. The summed E-state index contributed by atoms with van der Waals surface area (Å²) < 4.78 is 11.1. The van der Waals surface area contributed by atoms with E-state index in [1.54, 1.807) is 0 Å². The second-order valence-corrected chi connectivity index (χ2v) is 5.49. The predicted molar refractivity (Wildman–Crippen MR) is 74.9 cm³/mol. The van der Waals surface area contributed by atoms with Gasteiger partial charge >= 0.3 is 0 Å². The van der Waals surface area contributed by atoms with Crippen molar-refractivity contribution in [2.45, 2.75) is 25.4 Å². The summed E-state index contributed by atoms with van der Waals surface area (Å²) in [6.07, 6.45) is 2.25. The van der Waals surface area contributed by atoms with Gasteiger partial charge in [0.2, 0.25) is 5.91 Å². The van der Waals surface area contributed by atoms with Gasteiger partial charge in [-0.1, -0.05) is 6.07 Å². The second-order valence-electron chi connectivity index (χ2n) is 5.49. The lowest BCUT2D eigenvalue weighted by molar-refractivity contribution is -0.122. The zero-order valence-electron chi connectivity index (χ0n) is 11.7. The number of hydrogen-bond donors (Lipinski definition) is 1. The summed E-state index contributed by atoms with van der Waals surface area (Å²) in [6, 6.07) is 6.36. The number of rotatable bonds is 5. The van der Waals surface area contributed by atoms with Gasteiger partial charge in [0.05, 0.1) is 6.54 Å². The van der Waals surface area contributed by atoms with E-state index in [-0.39, 0.29) is 5.91 Å². The lowest BCUT2D eigenvalue weighted by Crippen LogP contribution is -2.35. The highest BCUT2D eigenvalue weighted by molar-refractivity contribution is 5.78. The molecule has 1 aromatic carbocycles. The van der Waals surface area contributed by atoms with Gasteiger partial charge in [-0.15, -0.1) is 0 Å². The van der Waals surface area contributed by atoms with Gasteiger partial charge in [0.25, 0.3) is 0 Å². The highest BCUT2D eigenvalue weighted by Gasteiger charge is 2.23. The third-order valence-corrected chi connectivity index (χ3v) is 3.42. The van der Waals surface area contributed by atoms with Crippen LogP contribution in [0.25, 0.3) is 0 Å². The van der Waals surface area contributed by atoms with Crippen molar-refractivity contribution in [1.29, 1.82) is 0 Å². The normalized spacial score (nSPS) is 17.1. The van der Waals surface area contributed by atoms with Gasteiger partial charge in [-0.25, -0.2) is 0 Å². The summed E-state index contributed by atoms with van der Waals surface area (Å²) in [5.74, 6) is 1.70. The average molecular weight is 276 g/mol. The number of fused-ring (bicyclic) bond motifs is 1. The van der Waals surface area contributed by atoms with Gasteiger partial charge < -0.3 is 14.8 Å². The van der Waals surface area contributed by atoms with Crippen molar-refractivity contribution in [2.24, 2.45) is 0 Å². The molecule has 1 heterocycles. The van der Waals surface area contributed by atoms with Gasteiger partial charge in [0.15, 0.2) is 11.5 Å². The molecule has 1 fully saturated rings. The minimum absolute atomic E-state index is 0.104. The fourth-order valence-corrected chi connectivity index (χ4v) is 2.30. The Balaban J connectivity index is 1.54. The number of benzene rings is 1. The van der Waals surface area contributed by atoms with E-state index in [9.17, 15) is 4.79 Å². The van der Waals surface area contributed by atoms with E-state index in [2.05, 4.69) is 5.32 Å². The minimum Gasteiger partial charge on any atom is -0.486 e. The number of likely N-dealkylation sites (N-methyl/N-ethyl adjacent to an activating group) is 1. The molecule has 0 radical (unpaired) electrons. The third-order valence-electron chi connectivity index (χ3n) is 3.42. The molecule has 0 atom stereocenters. The van der Waals surface area contributed by atoms with Crippen molar-refractivity contribution in [3.05, 3.63) is 23.8 Å². The zero-order chi connectivity index (χ0) is 13.9. The Morgan fingerprint density at radius 1 is 1.30 bits per heavy atom. The van der Waals surface area contributed by atoms with Crippen LogP contribution < -0.4 is 14.8 Å². The second kappa shape index (κ2) is 5.71. The van der Waals surface area contributed by atoms with Gasteiger partial charge in [-0.05, 0) is 37.6 Å². The van der Waals surface area contributed by atoms with Gasteiger partial charge in [0, 0.05) is 12.6 Å². The van der Waals surface area contributed by atoms with Crippen molar-refractivity contribution in [2.75, 3.05) is 26.8 Å². The van der Waals surface area contributed by atoms with Crippen molar-refractivity contribution >= 4 is 5.91 Å². The van der Waals surface area contributed by atoms with E-state index in [1.807, 2.05) is 30.1 Å². The van der Waals surface area contributed by atoms with Crippen molar-refractivity contribution in [3.8, 4) is 11.5 Å². The van der Waals surface area contributed by atoms with Crippen LogP contribution in [0.2, 0.25) is 0 Å². The first kappa shape index (κ1) is 13.2. The smallest absolute Gasteiger partial charge is 0.234 e. The van der Waals surface area contributed by atoms with E-state index in [4.69, 9.17) is 9.47 Å². The fourth-order valence-electron chi connectivity index (χ4n) is 2.30. The van der Waals surface area contributed by atoms with Gasteiger partial charge in [-0.3, -0.25) is 9.69 Å². The molecule has 1 aliphatic carbocycles. The summed E-state index contributed by atoms with van der Waals surface area (Å²) >= 11 is 0. The van der Waals surface area contributed by atoms with Crippen LogP contribution in [0.3, 0.4) is 0 Å². The Kier molecular flexibility index (Phi) is 3.78. The maximum absolute atomic E-state index is 11.7. The molecular weight excluding hydrogens is 256 g/mol. The molecule has 5 nitrogen and oxygen atoms in total. The molecule has 0 spiro atoms. The maximum atomic E-state index is 11.7. The quantitative estimate of drug-likeness (QED) is 0.877. The molecule has 0 bridgehead atoms. The lowest BCUT2D eigenvalue weighted by atomic mass is 10.2. The monoisotopic (exact) mass is 276 g/mol. The van der Waals surface area contributed by atoms with Gasteiger partial charge in [-0.2, -0.15) is 0 Å². The SMILES string of the molecule is CN(CC(=O)NC1CC1)Cc1ccc2c(c1)OCCO2. The highest BCUT2D eigenvalue weighted by atomic mass is 16.6. The molecule has 20 heavy (non-hydrogen) atoms. The van der Waals surface area contributed by atoms with E-state index in [0.717, 1.165) is 29.9 Å². The first-order valence-corrected chi connectivity index (χ1v) is 7.07. The molecule has 0 unspecified atom stereocenters. The number of ether oxygens (including phenoxy) is 2. The van der Waals surface area contributed by atoms with E-state index < -0.39 is 0 Å². The summed E-state index contributed by atoms with van der Waals surface area (Å²) in [4.78, 5) is 13.7. The third kappa shape index (κ3) is 3.42. The number of carbonyl (C=O) groups is 1. The van der Waals surface area contributed by atoms with Gasteiger partial charge in [0.1, 0.15) is 13.2 Å². The Morgan fingerprint density at radius 2 is 2.05 bits per heavy atom. The zero-order valence-corrected chi connectivity index (χ0v) is 11.7. The van der Waals surface area contributed by atoms with Crippen LogP contribution in [0.1, 0.15) is 18.4 Å². The molecule has 108 valence electrons. The van der Waals surface area contributed by atoms with E-state index in [1.165, 1.54) is 0 Å². The Labute approximate surface area is 118 Å². The summed E-state index contributed by atoms with van der Waals surface area (Å²) in [5, 5.41) is 3.00. The molecule has 1 aliphatic heterocycles. The summed E-state index contributed by atoms with van der Waals surface area (Å²) in [6.45, 7) is 2.34. The summed E-state index contributed by atoms with van der Waals surface area (Å²) in [7, 11) is 1.95. The van der Waals surface area contributed by atoms with Crippen LogP contribution in [-0.2, 0) is 11.3 Å². The van der Waals surface area contributed by atoms with Crippen molar-refractivity contribution < 1.29 is 14.3 Å². The largest absolute Gasteiger partial charge is 0.486 e. The lowest BCUT2D eigenvalue weighted by Gasteiger charge is -2.21. The van der Waals surface area contributed by atoms with Crippen molar-refractivity contribution in [1.82, 2.24) is 10.2 Å². The number of nitrogens with zero attached hydrogens (tertiary/aromatic N) is 1. The molecular formula is C15H20N2O3. The van der Waals surface area contributed by atoms with E-state index >= 15 is 0 Å². The first-order chi connectivity index (χ1) is 9.70. The standard InChI is InChI=1S/C15H20N2O3/c1-17(10-15(18)16-12-3-4-12)9-11-2-5-13-14(8-11)20-7-6-19-13/h2,5,8,12H,3-4,6-7,9-10H2,1H3,(H,16,18). The summed E-state index contributed by atoms with van der Waals surface area (Å²) in [5.41, 5.74) is 1.12. The molecule has 0 aromatic heterocycles. The van der Waals surface area contributed by atoms with Crippen LogP contribution in [-0.4, -0.2) is 43.7 Å². The Morgan fingerprint density at radius 3 is 2.80 bits per heavy atom. The molecule has 1 saturated carbocycles. The molecule has 0 saturated heterocycles. The Bertz CT molecular complexity index is 500. The highest BCUT2D eigenvalue weighted by Crippen LogP contribution is 2.31. The van der Waals surface area contributed by atoms with E-state index in [0.29, 0.717) is 32.3 Å². The maximum Gasteiger partial charge on any atom is 0.234 e. The van der Waals surface area contributed by atoms with Crippen LogP contribution in [0.4, 0.5) is 0 Å². The molecule has 5 heteroatoms. The van der Waals surface area contributed by atoms with Crippen molar-refractivity contribution in [3.63, 3.8) is 0 Å². The van der Waals surface area contributed by atoms with Crippen LogP contribution in [0.15, 0.2) is 18.2 Å². The van der Waals surface area contributed by atoms with Crippen LogP contribution in [0.5, 0.6) is 11.5 Å². The number of nitrogens with one attached hydrogen (secondary N) is 1. The average Bonchev–Trinajstić information content (AvgIpc) is 3.22. The molecule has 1 amide bonds. The topological polar surface area (TPSA) is 50.8 Å². The molecule has 3 rings (SSSR count). The van der Waals surface area contributed by atoms with Crippen LogP contribution in [0, 0.1) is 0 Å².